The van der Waals surface area contributed by atoms with Crippen LogP contribution in [0, 0.1) is 5.41 Å². The van der Waals surface area contributed by atoms with Gasteiger partial charge in [0.05, 0.1) is 12.5 Å². The molecule has 0 spiro atoms. The Morgan fingerprint density at radius 2 is 2.20 bits per heavy atom. The Bertz CT molecular complexity index is 532. The summed E-state index contributed by atoms with van der Waals surface area (Å²) < 4.78 is 5.29. The van der Waals surface area contributed by atoms with Gasteiger partial charge in [0.15, 0.2) is 0 Å². The highest BCUT2D eigenvalue weighted by atomic mass is 35.5. The molecule has 1 aliphatic rings. The Morgan fingerprint density at radius 1 is 1.45 bits per heavy atom. The molecule has 20 heavy (non-hydrogen) atoms. The second-order valence-electron chi connectivity index (χ2n) is 5.23. The van der Waals surface area contributed by atoms with Gasteiger partial charge >= 0.3 is 0 Å². The van der Waals surface area contributed by atoms with Crippen molar-refractivity contribution in [2.45, 2.75) is 25.7 Å². The van der Waals surface area contributed by atoms with Gasteiger partial charge < -0.3 is 4.74 Å². The molecule has 1 heterocycles. The second kappa shape index (κ2) is 5.94. The monoisotopic (exact) mass is 295 g/mol. The van der Waals surface area contributed by atoms with E-state index < -0.39 is 11.3 Å². The summed E-state index contributed by atoms with van der Waals surface area (Å²) in [6.07, 6.45) is 0.956. The van der Waals surface area contributed by atoms with Crippen molar-refractivity contribution in [3.8, 4) is 0 Å². The fraction of sp³-hybridized carbons (Fsp3) is 0.467. The standard InChI is InChI=1S/C15H18ClNO3/c1-3-15(9-20-2)8-12(18)17-14(19)13(15)10-5-4-6-11(16)7-10/h4-7,13H,3,8-9H2,1-2H3,(H,17,18,19). The number of rotatable bonds is 4. The minimum atomic E-state index is -0.515. The van der Waals surface area contributed by atoms with Crippen molar-refractivity contribution >= 4 is 23.4 Å². The highest BCUT2D eigenvalue weighted by Gasteiger charge is 2.48. The summed E-state index contributed by atoms with van der Waals surface area (Å²) in [7, 11) is 1.59. The number of amides is 2. The van der Waals surface area contributed by atoms with Gasteiger partial charge in [-0.1, -0.05) is 30.7 Å². The number of hydrogen-bond acceptors (Lipinski definition) is 3. The lowest BCUT2D eigenvalue weighted by atomic mass is 9.66. The average Bonchev–Trinajstić information content (AvgIpc) is 2.38. The third kappa shape index (κ3) is 2.72. The zero-order valence-corrected chi connectivity index (χ0v) is 12.4. The molecule has 4 nitrogen and oxygen atoms in total. The maximum Gasteiger partial charge on any atom is 0.234 e. The molecule has 1 saturated heterocycles. The minimum Gasteiger partial charge on any atom is -0.384 e. The maximum absolute atomic E-state index is 12.3. The number of methoxy groups -OCH3 is 1. The zero-order valence-electron chi connectivity index (χ0n) is 11.6. The number of carbonyl (C=O) groups excluding carboxylic acids is 2. The summed E-state index contributed by atoms with van der Waals surface area (Å²) in [5.74, 6) is -0.946. The van der Waals surface area contributed by atoms with Crippen LogP contribution in [0.1, 0.15) is 31.2 Å². The summed E-state index contributed by atoms with van der Waals surface area (Å²) >= 11 is 6.02. The molecule has 0 saturated carbocycles. The quantitative estimate of drug-likeness (QED) is 0.868. The largest absolute Gasteiger partial charge is 0.384 e. The van der Waals surface area contributed by atoms with Crippen LogP contribution < -0.4 is 5.32 Å². The normalized spacial score (nSPS) is 26.4. The molecule has 5 heteroatoms. The number of ether oxygens (including phenoxy) is 1. The smallest absolute Gasteiger partial charge is 0.234 e. The van der Waals surface area contributed by atoms with Gasteiger partial charge in [0.25, 0.3) is 0 Å². The van der Waals surface area contributed by atoms with E-state index >= 15 is 0 Å². The molecule has 108 valence electrons. The Hall–Kier alpha value is -1.39. The van der Waals surface area contributed by atoms with E-state index in [9.17, 15) is 9.59 Å². The van der Waals surface area contributed by atoms with Gasteiger partial charge in [-0.15, -0.1) is 0 Å². The van der Waals surface area contributed by atoms with Crippen LogP contribution in [-0.2, 0) is 14.3 Å². The number of hydrogen-bond donors (Lipinski definition) is 1. The minimum absolute atomic E-state index is 0.243. The fourth-order valence-corrected chi connectivity index (χ4v) is 3.20. The van der Waals surface area contributed by atoms with Crippen LogP contribution in [0.4, 0.5) is 0 Å². The highest BCUT2D eigenvalue weighted by Crippen LogP contribution is 2.45. The molecule has 0 aromatic heterocycles. The Labute approximate surface area is 123 Å². The van der Waals surface area contributed by atoms with E-state index in [2.05, 4.69) is 5.32 Å². The van der Waals surface area contributed by atoms with E-state index in [4.69, 9.17) is 16.3 Å². The van der Waals surface area contributed by atoms with Crippen molar-refractivity contribution in [3.63, 3.8) is 0 Å². The van der Waals surface area contributed by atoms with Crippen LogP contribution in [0.15, 0.2) is 24.3 Å². The van der Waals surface area contributed by atoms with Crippen molar-refractivity contribution in [2.75, 3.05) is 13.7 Å². The number of imide groups is 1. The molecular weight excluding hydrogens is 278 g/mol. The molecule has 2 unspecified atom stereocenters. The van der Waals surface area contributed by atoms with E-state index in [1.165, 1.54) is 0 Å². The van der Waals surface area contributed by atoms with Gasteiger partial charge in [-0.05, 0) is 24.1 Å². The maximum atomic E-state index is 12.3. The molecule has 1 aromatic rings. The van der Waals surface area contributed by atoms with Gasteiger partial charge in [-0.2, -0.15) is 0 Å². The molecule has 1 N–H and O–H groups in total. The molecular formula is C15H18ClNO3. The summed E-state index contributed by atoms with van der Waals surface area (Å²) in [4.78, 5) is 24.1. The first-order valence-corrected chi connectivity index (χ1v) is 6.98. The van der Waals surface area contributed by atoms with Crippen molar-refractivity contribution < 1.29 is 14.3 Å². The molecule has 1 aromatic carbocycles. The van der Waals surface area contributed by atoms with E-state index in [0.29, 0.717) is 18.1 Å². The average molecular weight is 296 g/mol. The van der Waals surface area contributed by atoms with E-state index in [0.717, 1.165) is 5.56 Å². The van der Waals surface area contributed by atoms with Crippen LogP contribution in [0.2, 0.25) is 5.02 Å². The first-order chi connectivity index (χ1) is 9.52. The fourth-order valence-electron chi connectivity index (χ4n) is 3.00. The number of piperidine rings is 1. The van der Waals surface area contributed by atoms with Crippen molar-refractivity contribution in [1.82, 2.24) is 5.32 Å². The molecule has 0 aliphatic carbocycles. The van der Waals surface area contributed by atoms with Crippen LogP contribution in [-0.4, -0.2) is 25.5 Å². The van der Waals surface area contributed by atoms with E-state index in [1.807, 2.05) is 19.1 Å². The summed E-state index contributed by atoms with van der Waals surface area (Å²) in [5.41, 5.74) is 0.306. The molecule has 2 atom stereocenters. The van der Waals surface area contributed by atoms with Crippen molar-refractivity contribution in [3.05, 3.63) is 34.9 Å². The Morgan fingerprint density at radius 3 is 2.80 bits per heavy atom. The van der Waals surface area contributed by atoms with Crippen molar-refractivity contribution in [2.24, 2.45) is 5.41 Å². The van der Waals surface area contributed by atoms with E-state index in [1.54, 1.807) is 19.2 Å². The lowest BCUT2D eigenvalue weighted by Crippen LogP contribution is -2.52. The number of carbonyl (C=O) groups is 2. The Kier molecular flexibility index (Phi) is 4.45. The first kappa shape index (κ1) is 15.0. The number of nitrogens with one attached hydrogen (secondary N) is 1. The number of benzene rings is 1. The zero-order chi connectivity index (χ0) is 14.8. The lowest BCUT2D eigenvalue weighted by Gasteiger charge is -2.41. The first-order valence-electron chi connectivity index (χ1n) is 6.60. The van der Waals surface area contributed by atoms with E-state index in [-0.39, 0.29) is 18.2 Å². The second-order valence-corrected chi connectivity index (χ2v) is 5.66. The van der Waals surface area contributed by atoms with Gasteiger partial charge in [0.1, 0.15) is 0 Å². The highest BCUT2D eigenvalue weighted by molar-refractivity contribution is 6.30. The van der Waals surface area contributed by atoms with Gasteiger partial charge in [0, 0.05) is 24.0 Å². The predicted molar refractivity (Wildman–Crippen MR) is 76.6 cm³/mol. The summed E-state index contributed by atoms with van der Waals surface area (Å²) in [6, 6.07) is 7.23. The van der Waals surface area contributed by atoms with Gasteiger partial charge in [-0.25, -0.2) is 0 Å². The molecule has 1 fully saturated rings. The summed E-state index contributed by atoms with van der Waals surface area (Å²) in [6.45, 7) is 2.34. The molecule has 2 amide bonds. The molecule has 0 bridgehead atoms. The Balaban J connectivity index is 2.49. The SMILES string of the molecule is CCC1(COC)CC(=O)NC(=O)C1c1cccc(Cl)c1. The van der Waals surface area contributed by atoms with Gasteiger partial charge in [0.2, 0.25) is 11.8 Å². The molecule has 2 rings (SSSR count). The lowest BCUT2D eigenvalue weighted by molar-refractivity contribution is -0.142. The topological polar surface area (TPSA) is 55.4 Å². The third-order valence-corrected chi connectivity index (χ3v) is 4.20. The van der Waals surface area contributed by atoms with Crippen LogP contribution in [0.5, 0.6) is 0 Å². The third-order valence-electron chi connectivity index (χ3n) is 3.97. The van der Waals surface area contributed by atoms with Gasteiger partial charge in [-0.3, -0.25) is 14.9 Å². The predicted octanol–water partition coefficient (Wildman–Crippen LogP) is 2.51. The van der Waals surface area contributed by atoms with Crippen molar-refractivity contribution in [1.29, 1.82) is 0 Å². The molecule has 0 radical (unpaired) electrons. The summed E-state index contributed by atoms with van der Waals surface area (Å²) in [5, 5.41) is 3.00. The van der Waals surface area contributed by atoms with Crippen LogP contribution in [0.25, 0.3) is 0 Å². The number of halogens is 1. The van der Waals surface area contributed by atoms with Crippen LogP contribution in [0.3, 0.4) is 0 Å². The van der Waals surface area contributed by atoms with Crippen LogP contribution >= 0.6 is 11.6 Å². The molecule has 1 aliphatic heterocycles.